The second-order valence-corrected chi connectivity index (χ2v) is 6.74. The van der Waals surface area contributed by atoms with Gasteiger partial charge in [-0.25, -0.2) is 0 Å². The molecule has 20 heavy (non-hydrogen) atoms. The smallest absolute Gasteiger partial charge is 0.314 e. The van der Waals surface area contributed by atoms with Crippen molar-refractivity contribution in [3.05, 3.63) is 27.7 Å². The van der Waals surface area contributed by atoms with Crippen LogP contribution >= 0.6 is 15.9 Å². The van der Waals surface area contributed by atoms with Crippen LogP contribution < -0.4 is 4.74 Å². The maximum absolute atomic E-state index is 11.9. The van der Waals surface area contributed by atoms with Gasteiger partial charge in [0, 0.05) is 10.0 Å². The molecule has 1 fully saturated rings. The molecule has 1 aromatic rings. The van der Waals surface area contributed by atoms with Crippen LogP contribution in [0.2, 0.25) is 0 Å². The van der Waals surface area contributed by atoms with Gasteiger partial charge in [-0.15, -0.1) is 0 Å². The zero-order valence-corrected chi connectivity index (χ0v) is 13.8. The Labute approximate surface area is 128 Å². The summed E-state index contributed by atoms with van der Waals surface area (Å²) in [6.45, 7) is 4.19. The molecule has 1 N–H and O–H groups in total. The van der Waals surface area contributed by atoms with Gasteiger partial charge in [-0.05, 0) is 36.5 Å². The molecule has 0 aliphatic heterocycles. The number of hydrogen-bond donors (Lipinski definition) is 1. The van der Waals surface area contributed by atoms with E-state index in [-0.39, 0.29) is 5.92 Å². The Morgan fingerprint density at radius 1 is 1.35 bits per heavy atom. The van der Waals surface area contributed by atoms with Crippen molar-refractivity contribution >= 4 is 21.9 Å². The lowest BCUT2D eigenvalue weighted by Crippen LogP contribution is -2.33. The summed E-state index contributed by atoms with van der Waals surface area (Å²) in [6.07, 6.45) is 3.29. The second kappa shape index (κ2) is 5.76. The van der Waals surface area contributed by atoms with E-state index in [4.69, 9.17) is 4.74 Å². The van der Waals surface area contributed by atoms with Gasteiger partial charge in [0.15, 0.2) is 0 Å². The second-order valence-electron chi connectivity index (χ2n) is 5.82. The van der Waals surface area contributed by atoms with Gasteiger partial charge in [0.25, 0.3) is 0 Å². The summed E-state index contributed by atoms with van der Waals surface area (Å²) in [4.78, 5) is 11.9. The van der Waals surface area contributed by atoms with Gasteiger partial charge >= 0.3 is 5.97 Å². The predicted octanol–water partition coefficient (Wildman–Crippen LogP) is 4.48. The third kappa shape index (κ3) is 2.46. The molecule has 0 spiro atoms. The van der Waals surface area contributed by atoms with Crippen molar-refractivity contribution in [2.75, 3.05) is 7.11 Å². The van der Waals surface area contributed by atoms with Crippen LogP contribution in [0.15, 0.2) is 16.6 Å². The third-order valence-electron chi connectivity index (χ3n) is 4.29. The predicted molar refractivity (Wildman–Crippen MR) is 82.6 cm³/mol. The number of carbonyl (C=O) groups is 1. The lowest BCUT2D eigenvalue weighted by molar-refractivity contribution is -0.143. The number of halogens is 1. The first kappa shape index (κ1) is 15.4. The molecule has 0 heterocycles. The van der Waals surface area contributed by atoms with E-state index in [0.717, 1.165) is 34.2 Å². The summed E-state index contributed by atoms with van der Waals surface area (Å²) < 4.78 is 6.52. The van der Waals surface area contributed by atoms with Crippen LogP contribution in [0.3, 0.4) is 0 Å². The zero-order valence-electron chi connectivity index (χ0n) is 12.2. The average Bonchev–Trinajstić information content (AvgIpc) is 2.88. The quantitative estimate of drug-likeness (QED) is 0.878. The Bertz CT molecular complexity index is 517. The topological polar surface area (TPSA) is 46.5 Å². The first-order valence-corrected chi connectivity index (χ1v) is 7.83. The number of hydrogen-bond acceptors (Lipinski definition) is 2. The van der Waals surface area contributed by atoms with Crippen molar-refractivity contribution in [1.82, 2.24) is 0 Å². The fourth-order valence-electron chi connectivity index (χ4n) is 3.20. The highest BCUT2D eigenvalue weighted by Gasteiger charge is 2.45. The fraction of sp³-hybridized carbons (Fsp3) is 0.562. The molecule has 0 bridgehead atoms. The number of carboxylic acid groups (broad SMARTS) is 1. The first-order valence-electron chi connectivity index (χ1n) is 7.03. The molecule has 0 amide bonds. The number of carboxylic acids is 1. The van der Waals surface area contributed by atoms with Crippen LogP contribution in [0.25, 0.3) is 0 Å². The summed E-state index contributed by atoms with van der Waals surface area (Å²) >= 11 is 3.52. The molecule has 1 aliphatic rings. The normalized spacial score (nSPS) is 17.4. The molecule has 1 saturated carbocycles. The van der Waals surface area contributed by atoms with Crippen molar-refractivity contribution in [3.63, 3.8) is 0 Å². The highest BCUT2D eigenvalue weighted by Crippen LogP contribution is 2.48. The van der Waals surface area contributed by atoms with Crippen molar-refractivity contribution in [3.8, 4) is 5.75 Å². The molecule has 4 heteroatoms. The minimum absolute atomic E-state index is 0.286. The van der Waals surface area contributed by atoms with Crippen LogP contribution in [-0.4, -0.2) is 18.2 Å². The van der Waals surface area contributed by atoms with E-state index in [0.29, 0.717) is 12.8 Å². The first-order chi connectivity index (χ1) is 9.42. The molecule has 2 rings (SSSR count). The molecular weight excluding hydrogens is 320 g/mol. The number of rotatable bonds is 4. The number of benzene rings is 1. The van der Waals surface area contributed by atoms with E-state index in [1.165, 1.54) is 0 Å². The van der Waals surface area contributed by atoms with Crippen molar-refractivity contribution in [2.45, 2.75) is 50.9 Å². The van der Waals surface area contributed by atoms with Crippen molar-refractivity contribution in [2.24, 2.45) is 0 Å². The van der Waals surface area contributed by atoms with Crippen molar-refractivity contribution < 1.29 is 14.6 Å². The van der Waals surface area contributed by atoms with Crippen molar-refractivity contribution in [1.29, 1.82) is 0 Å². The van der Waals surface area contributed by atoms with Gasteiger partial charge in [-0.3, -0.25) is 4.79 Å². The molecule has 110 valence electrons. The standard InChI is InChI=1S/C16H21BrO3/c1-10(2)12-8-11(17)9-13(14(12)20-3)16(15(18)19)6-4-5-7-16/h8-10H,4-7H2,1-3H3,(H,18,19). The van der Waals surface area contributed by atoms with Gasteiger partial charge in [0.05, 0.1) is 12.5 Å². The van der Waals surface area contributed by atoms with Crippen LogP contribution in [0, 0.1) is 0 Å². The number of ether oxygens (including phenoxy) is 1. The van der Waals surface area contributed by atoms with E-state index in [9.17, 15) is 9.90 Å². The van der Waals surface area contributed by atoms with Crippen LogP contribution in [0.5, 0.6) is 5.75 Å². The van der Waals surface area contributed by atoms with Crippen LogP contribution in [0.4, 0.5) is 0 Å². The molecule has 0 saturated heterocycles. The average molecular weight is 341 g/mol. The molecule has 3 nitrogen and oxygen atoms in total. The van der Waals surface area contributed by atoms with Crippen LogP contribution in [-0.2, 0) is 10.2 Å². The fourth-order valence-corrected chi connectivity index (χ4v) is 3.68. The highest BCUT2D eigenvalue weighted by molar-refractivity contribution is 9.10. The maximum atomic E-state index is 11.9. The van der Waals surface area contributed by atoms with Gasteiger partial charge in [-0.1, -0.05) is 42.6 Å². The van der Waals surface area contributed by atoms with E-state index in [2.05, 4.69) is 29.8 Å². The summed E-state index contributed by atoms with van der Waals surface area (Å²) in [5.74, 6) is 0.294. The minimum atomic E-state index is -0.793. The SMILES string of the molecule is COc1c(C(C)C)cc(Br)cc1C1(C(=O)O)CCCC1. The van der Waals surface area contributed by atoms with E-state index in [1.807, 2.05) is 12.1 Å². The Morgan fingerprint density at radius 3 is 2.40 bits per heavy atom. The van der Waals surface area contributed by atoms with Crippen LogP contribution in [0.1, 0.15) is 56.6 Å². The largest absolute Gasteiger partial charge is 0.496 e. The summed E-state index contributed by atoms with van der Waals surface area (Å²) in [5.41, 5.74) is 1.09. The Morgan fingerprint density at radius 2 is 1.95 bits per heavy atom. The molecule has 0 unspecified atom stereocenters. The van der Waals surface area contributed by atoms with Gasteiger partial charge in [0.1, 0.15) is 5.75 Å². The number of methoxy groups -OCH3 is 1. The summed E-state index contributed by atoms with van der Waals surface area (Å²) in [7, 11) is 1.63. The summed E-state index contributed by atoms with van der Waals surface area (Å²) in [6, 6.07) is 3.95. The molecule has 1 aromatic carbocycles. The minimum Gasteiger partial charge on any atom is -0.496 e. The molecule has 0 atom stereocenters. The number of aliphatic carboxylic acids is 1. The molecule has 0 aromatic heterocycles. The van der Waals surface area contributed by atoms with Gasteiger partial charge in [0.2, 0.25) is 0 Å². The van der Waals surface area contributed by atoms with Gasteiger partial charge < -0.3 is 9.84 Å². The van der Waals surface area contributed by atoms with E-state index in [1.54, 1.807) is 7.11 Å². The Kier molecular flexibility index (Phi) is 4.43. The molecule has 0 radical (unpaired) electrons. The lowest BCUT2D eigenvalue weighted by atomic mass is 9.77. The Balaban J connectivity index is 2.69. The Hall–Kier alpha value is -1.03. The van der Waals surface area contributed by atoms with E-state index < -0.39 is 11.4 Å². The summed E-state index contributed by atoms with van der Waals surface area (Å²) in [5, 5.41) is 9.79. The van der Waals surface area contributed by atoms with Gasteiger partial charge in [-0.2, -0.15) is 0 Å². The molecule has 1 aliphatic carbocycles. The zero-order chi connectivity index (χ0) is 14.9. The van der Waals surface area contributed by atoms with E-state index >= 15 is 0 Å². The monoisotopic (exact) mass is 340 g/mol. The highest BCUT2D eigenvalue weighted by atomic mass is 79.9. The molecular formula is C16H21BrO3. The lowest BCUT2D eigenvalue weighted by Gasteiger charge is -2.28. The third-order valence-corrected chi connectivity index (χ3v) is 4.75. The maximum Gasteiger partial charge on any atom is 0.314 e.